The molecule has 1 aliphatic heterocycles. The number of aromatic nitrogens is 1. The highest BCUT2D eigenvalue weighted by Gasteiger charge is 2.23. The third-order valence-electron chi connectivity index (χ3n) is 3.45. The number of hydrogen-bond donors (Lipinski definition) is 3. The maximum absolute atomic E-state index is 12.2. The second kappa shape index (κ2) is 5.82. The van der Waals surface area contributed by atoms with Crippen molar-refractivity contribution in [2.45, 2.75) is 30.3 Å². The van der Waals surface area contributed by atoms with E-state index < -0.39 is 10.0 Å². The van der Waals surface area contributed by atoms with Crippen molar-refractivity contribution in [2.24, 2.45) is 0 Å². The Labute approximate surface area is 118 Å². The highest BCUT2D eigenvalue weighted by atomic mass is 32.2. The zero-order chi connectivity index (χ0) is 14.0. The van der Waals surface area contributed by atoms with E-state index in [1.807, 2.05) is 0 Å². The van der Waals surface area contributed by atoms with Crippen LogP contribution in [0.4, 0.5) is 0 Å². The van der Waals surface area contributed by atoms with Gasteiger partial charge < -0.3 is 15.0 Å². The van der Waals surface area contributed by atoms with Crippen molar-refractivity contribution in [3.63, 3.8) is 0 Å². The van der Waals surface area contributed by atoms with E-state index in [4.69, 9.17) is 4.74 Å². The van der Waals surface area contributed by atoms with Crippen LogP contribution in [0.25, 0.3) is 0 Å². The van der Waals surface area contributed by atoms with Crippen molar-refractivity contribution in [2.75, 3.05) is 26.3 Å². The van der Waals surface area contributed by atoms with Crippen LogP contribution in [0.3, 0.4) is 0 Å². The highest BCUT2D eigenvalue weighted by Crippen LogP contribution is 2.19. The molecule has 3 rings (SSSR count). The zero-order valence-corrected chi connectivity index (χ0v) is 12.1. The van der Waals surface area contributed by atoms with Crippen molar-refractivity contribution in [1.29, 1.82) is 0 Å². The largest absolute Gasteiger partial charge is 0.379 e. The summed E-state index contributed by atoms with van der Waals surface area (Å²) in [6, 6.07) is 2.28. The first-order valence-electron chi connectivity index (χ1n) is 6.89. The lowest BCUT2D eigenvalue weighted by molar-refractivity contribution is 0.0272. The van der Waals surface area contributed by atoms with Gasteiger partial charge in [0.15, 0.2) is 0 Å². The Balaban J connectivity index is 1.60. The van der Waals surface area contributed by atoms with Gasteiger partial charge in [0.05, 0.1) is 13.2 Å². The second-order valence-electron chi connectivity index (χ2n) is 5.21. The summed E-state index contributed by atoms with van der Waals surface area (Å²) in [5.74, 6) is 0. The topological polar surface area (TPSA) is 86.5 Å². The van der Waals surface area contributed by atoms with Gasteiger partial charge in [0.2, 0.25) is 0 Å². The van der Waals surface area contributed by atoms with E-state index in [0.29, 0.717) is 38.9 Å². The number of rotatable bonds is 6. The maximum atomic E-state index is 12.2. The van der Waals surface area contributed by atoms with E-state index in [1.54, 1.807) is 11.1 Å². The van der Waals surface area contributed by atoms with E-state index in [-0.39, 0.29) is 4.90 Å². The smallest absolute Gasteiger partial charge is 0.254 e. The summed E-state index contributed by atoms with van der Waals surface area (Å²) in [7, 11) is -3.50. The molecule has 0 bridgehead atoms. The molecule has 0 spiro atoms. The Morgan fingerprint density at radius 2 is 2.10 bits per heavy atom. The number of sulfonamides is 1. The van der Waals surface area contributed by atoms with Crippen LogP contribution >= 0.6 is 0 Å². The minimum absolute atomic E-state index is 0.275. The van der Waals surface area contributed by atoms with Crippen LogP contribution in [0, 0.1) is 0 Å². The molecule has 0 amide bonds. The SMILES string of the molecule is O=S(=O)(NN1CCOCC1)c1c[nH]c(CNC2CC2)c1. The predicted octanol–water partition coefficient (Wildman–Crippen LogP) is -0.208. The highest BCUT2D eigenvalue weighted by molar-refractivity contribution is 7.89. The third-order valence-corrected chi connectivity index (χ3v) is 4.80. The first-order valence-corrected chi connectivity index (χ1v) is 8.38. The fourth-order valence-corrected chi connectivity index (χ4v) is 3.23. The molecule has 2 heterocycles. The summed E-state index contributed by atoms with van der Waals surface area (Å²) < 4.78 is 29.7. The third kappa shape index (κ3) is 3.58. The predicted molar refractivity (Wildman–Crippen MR) is 73.4 cm³/mol. The molecule has 1 aromatic rings. The van der Waals surface area contributed by atoms with Gasteiger partial charge in [0, 0.05) is 37.6 Å². The summed E-state index contributed by atoms with van der Waals surface area (Å²) in [5, 5.41) is 5.02. The number of nitrogens with one attached hydrogen (secondary N) is 3. The molecule has 3 N–H and O–H groups in total. The molecule has 1 saturated heterocycles. The molecule has 20 heavy (non-hydrogen) atoms. The van der Waals surface area contributed by atoms with Crippen LogP contribution in [0.5, 0.6) is 0 Å². The molecule has 2 aliphatic rings. The van der Waals surface area contributed by atoms with Gasteiger partial charge in [0.1, 0.15) is 4.90 Å². The van der Waals surface area contributed by atoms with Crippen molar-refractivity contribution in [3.8, 4) is 0 Å². The molecule has 112 valence electrons. The van der Waals surface area contributed by atoms with Crippen LogP contribution < -0.4 is 10.1 Å². The molecular weight excluding hydrogens is 280 g/mol. The molecule has 1 aromatic heterocycles. The molecule has 0 aromatic carbocycles. The average Bonchev–Trinajstić information content (AvgIpc) is 3.13. The minimum Gasteiger partial charge on any atom is -0.379 e. The van der Waals surface area contributed by atoms with Crippen molar-refractivity contribution in [1.82, 2.24) is 20.1 Å². The molecule has 0 radical (unpaired) electrons. The summed E-state index contributed by atoms with van der Waals surface area (Å²) in [6.07, 6.45) is 3.96. The Morgan fingerprint density at radius 3 is 2.80 bits per heavy atom. The first kappa shape index (κ1) is 14.0. The molecule has 1 aliphatic carbocycles. The maximum Gasteiger partial charge on any atom is 0.254 e. The standard InChI is InChI=1S/C12H20N4O3S/c17-20(18,15-16-3-5-19-6-4-16)12-7-11(14-9-12)8-13-10-1-2-10/h7,9-10,13-15H,1-6,8H2. The molecule has 2 fully saturated rings. The fourth-order valence-electron chi connectivity index (χ4n) is 2.10. The number of aromatic amines is 1. The normalized spacial score (nSPS) is 21.2. The number of nitrogens with zero attached hydrogens (tertiary/aromatic N) is 1. The van der Waals surface area contributed by atoms with Crippen LogP contribution in [0.1, 0.15) is 18.5 Å². The van der Waals surface area contributed by atoms with E-state index in [0.717, 1.165) is 5.69 Å². The Kier molecular flexibility index (Phi) is 4.08. The van der Waals surface area contributed by atoms with E-state index in [2.05, 4.69) is 15.1 Å². The van der Waals surface area contributed by atoms with Gasteiger partial charge in [-0.1, -0.05) is 0 Å². The van der Waals surface area contributed by atoms with Gasteiger partial charge >= 0.3 is 0 Å². The van der Waals surface area contributed by atoms with Crippen molar-refractivity contribution >= 4 is 10.0 Å². The van der Waals surface area contributed by atoms with E-state index >= 15 is 0 Å². The molecule has 0 unspecified atom stereocenters. The molecule has 7 nitrogen and oxygen atoms in total. The number of ether oxygens (including phenoxy) is 1. The van der Waals surface area contributed by atoms with E-state index in [1.165, 1.54) is 19.0 Å². The van der Waals surface area contributed by atoms with Crippen LogP contribution in [-0.2, 0) is 21.3 Å². The van der Waals surface area contributed by atoms with Gasteiger partial charge in [-0.25, -0.2) is 13.4 Å². The number of hydrazine groups is 1. The average molecular weight is 300 g/mol. The van der Waals surface area contributed by atoms with Gasteiger partial charge in [-0.05, 0) is 18.9 Å². The zero-order valence-electron chi connectivity index (χ0n) is 11.3. The van der Waals surface area contributed by atoms with E-state index in [9.17, 15) is 8.42 Å². The quantitative estimate of drug-likeness (QED) is 0.677. The minimum atomic E-state index is -3.50. The monoisotopic (exact) mass is 300 g/mol. The van der Waals surface area contributed by atoms with Crippen molar-refractivity contribution < 1.29 is 13.2 Å². The second-order valence-corrected chi connectivity index (χ2v) is 6.87. The van der Waals surface area contributed by atoms with Gasteiger partial charge in [-0.15, -0.1) is 4.83 Å². The molecular formula is C12H20N4O3S. The fraction of sp³-hybridized carbons (Fsp3) is 0.667. The summed E-state index contributed by atoms with van der Waals surface area (Å²) in [4.78, 5) is 5.87. The van der Waals surface area contributed by atoms with Crippen molar-refractivity contribution in [3.05, 3.63) is 18.0 Å². The summed E-state index contributed by atoms with van der Waals surface area (Å²) >= 11 is 0. The summed E-state index contributed by atoms with van der Waals surface area (Å²) in [6.45, 7) is 2.91. The van der Waals surface area contributed by atoms with Crippen LogP contribution in [-0.4, -0.2) is 50.8 Å². The number of H-pyrrole nitrogens is 1. The van der Waals surface area contributed by atoms with Gasteiger partial charge in [-0.3, -0.25) is 0 Å². The Bertz CT molecular complexity index is 547. The molecule has 0 atom stereocenters. The van der Waals surface area contributed by atoms with Gasteiger partial charge in [-0.2, -0.15) is 0 Å². The molecule has 1 saturated carbocycles. The Morgan fingerprint density at radius 1 is 1.35 bits per heavy atom. The first-order chi connectivity index (χ1) is 9.63. The number of morpholine rings is 1. The summed E-state index contributed by atoms with van der Waals surface area (Å²) in [5.41, 5.74) is 0.888. The van der Waals surface area contributed by atoms with Gasteiger partial charge in [0.25, 0.3) is 10.0 Å². The lowest BCUT2D eigenvalue weighted by Gasteiger charge is -2.26. The van der Waals surface area contributed by atoms with Crippen LogP contribution in [0.15, 0.2) is 17.2 Å². The number of hydrogen-bond acceptors (Lipinski definition) is 5. The lowest BCUT2D eigenvalue weighted by atomic mass is 10.4. The Hall–Kier alpha value is -0.930. The lowest BCUT2D eigenvalue weighted by Crippen LogP contribution is -2.48. The molecule has 8 heteroatoms. The van der Waals surface area contributed by atoms with Crippen LogP contribution in [0.2, 0.25) is 0 Å².